The normalized spacial score (nSPS) is 17.9. The molecule has 1 saturated heterocycles. The Labute approximate surface area is 173 Å². The van der Waals surface area contributed by atoms with Gasteiger partial charge in [-0.1, -0.05) is 24.3 Å². The lowest BCUT2D eigenvalue weighted by molar-refractivity contribution is -0.153. The minimum absolute atomic E-state index is 0.235. The van der Waals surface area contributed by atoms with E-state index in [2.05, 4.69) is 0 Å². The SMILES string of the molecule is O=C(OCC(=O)N1CCc2ccccc21)C1CCN(S(=O)(=O)c2cccs2)CC1. The maximum Gasteiger partial charge on any atom is 0.309 e. The molecule has 2 aliphatic heterocycles. The number of para-hydroxylation sites is 1. The smallest absolute Gasteiger partial charge is 0.309 e. The lowest BCUT2D eigenvalue weighted by atomic mass is 9.98. The first-order valence-electron chi connectivity index (χ1n) is 9.55. The second-order valence-electron chi connectivity index (χ2n) is 7.14. The van der Waals surface area contributed by atoms with Crippen molar-refractivity contribution in [2.24, 2.45) is 5.92 Å². The largest absolute Gasteiger partial charge is 0.455 e. The highest BCUT2D eigenvalue weighted by Crippen LogP contribution is 2.28. The van der Waals surface area contributed by atoms with Crippen molar-refractivity contribution in [3.05, 3.63) is 47.3 Å². The van der Waals surface area contributed by atoms with E-state index in [1.165, 1.54) is 15.6 Å². The van der Waals surface area contributed by atoms with Gasteiger partial charge in [0, 0.05) is 25.3 Å². The van der Waals surface area contributed by atoms with Crippen LogP contribution in [0.4, 0.5) is 5.69 Å². The summed E-state index contributed by atoms with van der Waals surface area (Å²) >= 11 is 1.19. The van der Waals surface area contributed by atoms with E-state index in [0.29, 0.717) is 23.6 Å². The minimum atomic E-state index is -3.49. The summed E-state index contributed by atoms with van der Waals surface area (Å²) in [5, 5.41) is 1.73. The zero-order chi connectivity index (χ0) is 20.4. The first kappa shape index (κ1) is 20.1. The Hall–Kier alpha value is -2.23. The Morgan fingerprint density at radius 1 is 1.07 bits per heavy atom. The molecule has 1 amide bonds. The molecule has 4 rings (SSSR count). The Bertz CT molecular complexity index is 996. The number of benzene rings is 1. The average molecular weight is 435 g/mol. The molecular weight excluding hydrogens is 412 g/mol. The number of hydrogen-bond donors (Lipinski definition) is 0. The van der Waals surface area contributed by atoms with Crippen LogP contribution >= 0.6 is 11.3 Å². The fourth-order valence-corrected chi connectivity index (χ4v) is 6.41. The van der Waals surface area contributed by atoms with E-state index >= 15 is 0 Å². The van der Waals surface area contributed by atoms with Crippen molar-refractivity contribution < 1.29 is 22.7 Å². The molecule has 3 heterocycles. The molecule has 2 aromatic rings. The van der Waals surface area contributed by atoms with Gasteiger partial charge in [0.2, 0.25) is 0 Å². The van der Waals surface area contributed by atoms with Gasteiger partial charge >= 0.3 is 5.97 Å². The van der Waals surface area contributed by atoms with Gasteiger partial charge in [-0.2, -0.15) is 4.31 Å². The third-order valence-corrected chi connectivity index (χ3v) is 8.67. The van der Waals surface area contributed by atoms with Gasteiger partial charge in [0.25, 0.3) is 15.9 Å². The first-order chi connectivity index (χ1) is 14.0. The Morgan fingerprint density at radius 3 is 2.55 bits per heavy atom. The van der Waals surface area contributed by atoms with E-state index < -0.39 is 16.0 Å². The number of thiophene rings is 1. The third-order valence-electron chi connectivity index (χ3n) is 5.40. The molecule has 0 atom stereocenters. The van der Waals surface area contributed by atoms with Gasteiger partial charge in [-0.15, -0.1) is 11.3 Å². The molecule has 0 bridgehead atoms. The van der Waals surface area contributed by atoms with E-state index in [-0.39, 0.29) is 31.5 Å². The number of ether oxygens (including phenoxy) is 1. The van der Waals surface area contributed by atoms with Crippen LogP contribution in [0.2, 0.25) is 0 Å². The number of carbonyl (C=O) groups is 2. The summed E-state index contributed by atoms with van der Waals surface area (Å²) in [6, 6.07) is 11.0. The molecule has 7 nitrogen and oxygen atoms in total. The fraction of sp³-hybridized carbons (Fsp3) is 0.400. The first-order valence-corrected chi connectivity index (χ1v) is 11.9. The second kappa shape index (κ2) is 8.25. The summed E-state index contributed by atoms with van der Waals surface area (Å²) in [5.74, 6) is -1.05. The molecule has 0 aliphatic carbocycles. The molecule has 0 unspecified atom stereocenters. The number of sulfonamides is 1. The Kier molecular flexibility index (Phi) is 5.71. The summed E-state index contributed by atoms with van der Waals surface area (Å²) in [6.45, 7) is 0.844. The van der Waals surface area contributed by atoms with Gasteiger partial charge in [0.05, 0.1) is 5.92 Å². The highest BCUT2D eigenvalue weighted by Gasteiger charge is 2.34. The zero-order valence-electron chi connectivity index (χ0n) is 15.8. The van der Waals surface area contributed by atoms with E-state index in [1.54, 1.807) is 22.4 Å². The van der Waals surface area contributed by atoms with E-state index in [0.717, 1.165) is 17.7 Å². The molecule has 154 valence electrons. The summed E-state index contributed by atoms with van der Waals surface area (Å²) in [5.41, 5.74) is 1.99. The van der Waals surface area contributed by atoms with Crippen molar-refractivity contribution in [1.29, 1.82) is 0 Å². The number of hydrogen-bond acceptors (Lipinski definition) is 6. The minimum Gasteiger partial charge on any atom is -0.455 e. The Morgan fingerprint density at radius 2 is 1.83 bits per heavy atom. The van der Waals surface area contributed by atoms with Gasteiger partial charge in [0.15, 0.2) is 6.61 Å². The van der Waals surface area contributed by atoms with Crippen molar-refractivity contribution in [1.82, 2.24) is 4.31 Å². The van der Waals surface area contributed by atoms with Gasteiger partial charge in [-0.3, -0.25) is 9.59 Å². The van der Waals surface area contributed by atoms with Crippen LogP contribution in [-0.4, -0.2) is 50.8 Å². The predicted molar refractivity (Wildman–Crippen MR) is 109 cm³/mol. The molecule has 0 spiro atoms. The van der Waals surface area contributed by atoms with Crippen LogP contribution in [0, 0.1) is 5.92 Å². The molecule has 9 heteroatoms. The van der Waals surface area contributed by atoms with E-state index in [1.807, 2.05) is 24.3 Å². The van der Waals surface area contributed by atoms with Crippen molar-refractivity contribution in [3.63, 3.8) is 0 Å². The third kappa shape index (κ3) is 4.08. The molecule has 1 fully saturated rings. The van der Waals surface area contributed by atoms with Crippen LogP contribution < -0.4 is 4.90 Å². The zero-order valence-corrected chi connectivity index (χ0v) is 17.5. The van der Waals surface area contributed by atoms with Crippen LogP contribution in [0.5, 0.6) is 0 Å². The monoisotopic (exact) mass is 434 g/mol. The quantitative estimate of drug-likeness (QED) is 0.674. The predicted octanol–water partition coefficient (Wildman–Crippen LogP) is 2.28. The highest BCUT2D eigenvalue weighted by molar-refractivity contribution is 7.91. The second-order valence-corrected chi connectivity index (χ2v) is 10.3. The van der Waals surface area contributed by atoms with Gasteiger partial charge < -0.3 is 9.64 Å². The van der Waals surface area contributed by atoms with Gasteiger partial charge in [-0.05, 0) is 42.3 Å². The summed E-state index contributed by atoms with van der Waals surface area (Å²) in [6.07, 6.45) is 1.58. The molecule has 29 heavy (non-hydrogen) atoms. The topological polar surface area (TPSA) is 84.0 Å². The maximum absolute atomic E-state index is 12.6. The highest BCUT2D eigenvalue weighted by atomic mass is 32.2. The maximum atomic E-state index is 12.6. The van der Waals surface area contributed by atoms with Gasteiger partial charge in [0.1, 0.15) is 4.21 Å². The molecule has 0 radical (unpaired) electrons. The number of nitrogens with zero attached hydrogens (tertiary/aromatic N) is 2. The van der Waals surface area contributed by atoms with Gasteiger partial charge in [-0.25, -0.2) is 8.42 Å². The lowest BCUT2D eigenvalue weighted by Crippen LogP contribution is -2.41. The number of esters is 1. The summed E-state index contributed by atoms with van der Waals surface area (Å²) in [4.78, 5) is 26.5. The van der Waals surface area contributed by atoms with Crippen molar-refractivity contribution in [2.75, 3.05) is 31.1 Å². The van der Waals surface area contributed by atoms with E-state index in [9.17, 15) is 18.0 Å². The number of anilines is 1. The number of amides is 1. The molecule has 1 aromatic carbocycles. The molecular formula is C20H22N2O5S2. The number of rotatable bonds is 5. The average Bonchev–Trinajstić information content (AvgIpc) is 3.42. The van der Waals surface area contributed by atoms with Crippen molar-refractivity contribution >= 4 is 38.9 Å². The van der Waals surface area contributed by atoms with Crippen molar-refractivity contribution in [2.45, 2.75) is 23.5 Å². The fourth-order valence-electron chi connectivity index (χ4n) is 3.80. The molecule has 0 N–H and O–H groups in total. The van der Waals surface area contributed by atoms with Crippen LogP contribution in [0.15, 0.2) is 46.0 Å². The number of piperidine rings is 1. The van der Waals surface area contributed by atoms with Crippen LogP contribution in [0.3, 0.4) is 0 Å². The Balaban J connectivity index is 1.28. The molecule has 2 aliphatic rings. The molecule has 1 aromatic heterocycles. The standard InChI is InChI=1S/C20H22N2O5S2/c23-18(22-12-9-15-4-1-2-5-17(15)22)14-27-20(24)16-7-10-21(11-8-16)29(25,26)19-6-3-13-28-19/h1-6,13,16H,7-12,14H2. The number of carbonyl (C=O) groups excluding carboxylic acids is 2. The summed E-state index contributed by atoms with van der Waals surface area (Å²) in [7, 11) is -3.49. The lowest BCUT2D eigenvalue weighted by Gasteiger charge is -2.29. The molecule has 0 saturated carbocycles. The van der Waals surface area contributed by atoms with Crippen molar-refractivity contribution in [3.8, 4) is 0 Å². The van der Waals surface area contributed by atoms with E-state index in [4.69, 9.17) is 4.74 Å². The number of fused-ring (bicyclic) bond motifs is 1. The van der Waals surface area contributed by atoms with Crippen LogP contribution in [0.25, 0.3) is 0 Å². The van der Waals surface area contributed by atoms with Crippen LogP contribution in [0.1, 0.15) is 18.4 Å². The summed E-state index contributed by atoms with van der Waals surface area (Å²) < 4.78 is 32.1. The van der Waals surface area contributed by atoms with Crippen LogP contribution in [-0.2, 0) is 30.8 Å².